The van der Waals surface area contributed by atoms with E-state index >= 15 is 0 Å². The molecule has 2 atom stereocenters. The molecule has 2 aromatic carbocycles. The maximum atomic E-state index is 13.5. The van der Waals surface area contributed by atoms with Crippen molar-refractivity contribution in [2.45, 2.75) is 39.3 Å². The summed E-state index contributed by atoms with van der Waals surface area (Å²) in [5, 5.41) is 1.83. The van der Waals surface area contributed by atoms with Gasteiger partial charge in [-0.2, -0.15) is 0 Å². The number of ether oxygens (including phenoxy) is 2. The van der Waals surface area contributed by atoms with Gasteiger partial charge in [0.2, 0.25) is 0 Å². The first-order valence-corrected chi connectivity index (χ1v) is 13.7. The van der Waals surface area contributed by atoms with E-state index in [4.69, 9.17) is 9.47 Å². The van der Waals surface area contributed by atoms with Gasteiger partial charge >= 0.3 is 18.0 Å². The highest BCUT2D eigenvalue weighted by Crippen LogP contribution is 2.46. The maximum Gasteiger partial charge on any atom is 0.410 e. The lowest BCUT2D eigenvalue weighted by molar-refractivity contribution is -0.149. The Labute approximate surface area is 231 Å². The summed E-state index contributed by atoms with van der Waals surface area (Å²) in [6.45, 7) is 7.58. The molecular formula is C32H31N3O5. The lowest BCUT2D eigenvalue weighted by Gasteiger charge is -2.27. The van der Waals surface area contributed by atoms with Gasteiger partial charge in [0.25, 0.3) is 0 Å². The minimum atomic E-state index is -0.619. The predicted molar refractivity (Wildman–Crippen MR) is 151 cm³/mol. The fraction of sp³-hybridized carbons (Fsp3) is 0.344. The summed E-state index contributed by atoms with van der Waals surface area (Å²) < 4.78 is 15.2. The molecule has 1 amide bonds. The van der Waals surface area contributed by atoms with Gasteiger partial charge in [-0.05, 0) is 51.2 Å². The van der Waals surface area contributed by atoms with Gasteiger partial charge in [-0.15, -0.1) is 0 Å². The molecule has 1 saturated heterocycles. The molecule has 3 aliphatic heterocycles. The van der Waals surface area contributed by atoms with Gasteiger partial charge in [0.15, 0.2) is 0 Å². The second-order valence-corrected chi connectivity index (χ2v) is 12.2. The van der Waals surface area contributed by atoms with Crippen LogP contribution in [0.5, 0.6) is 0 Å². The van der Waals surface area contributed by atoms with Crippen LogP contribution >= 0.6 is 0 Å². The first-order chi connectivity index (χ1) is 19.1. The Balaban J connectivity index is 1.38. The van der Waals surface area contributed by atoms with Crippen molar-refractivity contribution in [2.24, 2.45) is 18.9 Å². The molecule has 7 rings (SSSR count). The summed E-state index contributed by atoms with van der Waals surface area (Å²) in [6.07, 6.45) is 2.29. The molecule has 40 heavy (non-hydrogen) atoms. The number of hydrogen-bond donors (Lipinski definition) is 0. The normalized spacial score (nSPS) is 20.9. The van der Waals surface area contributed by atoms with Crippen LogP contribution in [0, 0.1) is 11.8 Å². The van der Waals surface area contributed by atoms with Crippen molar-refractivity contribution < 1.29 is 23.9 Å². The fourth-order valence-electron chi connectivity index (χ4n) is 6.79. The summed E-state index contributed by atoms with van der Waals surface area (Å²) in [7, 11) is 1.93. The Morgan fingerprint density at radius 3 is 2.27 bits per heavy atom. The van der Waals surface area contributed by atoms with E-state index in [1.54, 1.807) is 0 Å². The Morgan fingerprint density at radius 1 is 0.875 bits per heavy atom. The number of hydrogen-bond acceptors (Lipinski definition) is 5. The maximum absolute atomic E-state index is 13.5. The molecule has 0 aliphatic carbocycles. The number of likely N-dealkylation sites (tertiary alicyclic amines) is 1. The third-order valence-corrected chi connectivity index (χ3v) is 8.44. The van der Waals surface area contributed by atoms with Crippen LogP contribution in [0.4, 0.5) is 4.79 Å². The van der Waals surface area contributed by atoms with Crippen LogP contribution in [0.3, 0.4) is 0 Å². The number of esters is 2. The number of aryl methyl sites for hydroxylation is 1. The zero-order valence-corrected chi connectivity index (χ0v) is 23.1. The van der Waals surface area contributed by atoms with E-state index in [1.807, 2.05) is 85.9 Å². The molecule has 1 fully saturated rings. The molecule has 3 aliphatic rings. The molecule has 8 heteroatoms. The zero-order chi connectivity index (χ0) is 27.9. The molecule has 0 unspecified atom stereocenters. The van der Waals surface area contributed by atoms with E-state index in [0.29, 0.717) is 36.2 Å². The Hall–Kier alpha value is -4.33. The lowest BCUT2D eigenvalue weighted by Crippen LogP contribution is -2.35. The average Bonchev–Trinajstić information content (AvgIpc) is 3.63. The van der Waals surface area contributed by atoms with Crippen LogP contribution < -0.4 is 0 Å². The second-order valence-electron chi connectivity index (χ2n) is 12.2. The highest BCUT2D eigenvalue weighted by atomic mass is 16.6. The van der Waals surface area contributed by atoms with Gasteiger partial charge in [-0.3, -0.25) is 0 Å². The number of fused-ring (bicyclic) bond motifs is 5. The zero-order valence-electron chi connectivity index (χ0n) is 23.1. The average molecular weight is 538 g/mol. The Morgan fingerprint density at radius 2 is 1.52 bits per heavy atom. The van der Waals surface area contributed by atoms with E-state index in [-0.39, 0.29) is 17.9 Å². The number of aromatic nitrogens is 2. The second kappa shape index (κ2) is 8.58. The number of benzene rings is 2. The van der Waals surface area contributed by atoms with Crippen molar-refractivity contribution in [3.8, 4) is 0 Å². The summed E-state index contributed by atoms with van der Waals surface area (Å²) in [4.78, 5) is 41.4. The highest BCUT2D eigenvalue weighted by Gasteiger charge is 2.44. The molecule has 0 saturated carbocycles. The van der Waals surface area contributed by atoms with Crippen LogP contribution in [-0.4, -0.2) is 50.8 Å². The van der Waals surface area contributed by atoms with Crippen molar-refractivity contribution in [3.63, 3.8) is 0 Å². The van der Waals surface area contributed by atoms with Crippen LogP contribution in [0.2, 0.25) is 0 Å². The topological polar surface area (TPSA) is 82.8 Å². The summed E-state index contributed by atoms with van der Waals surface area (Å²) in [6, 6.07) is 15.9. The van der Waals surface area contributed by atoms with Crippen molar-refractivity contribution in [1.29, 1.82) is 0 Å². The van der Waals surface area contributed by atoms with Crippen LogP contribution in [0.1, 0.15) is 37.6 Å². The van der Waals surface area contributed by atoms with Gasteiger partial charge in [0.1, 0.15) is 5.60 Å². The summed E-state index contributed by atoms with van der Waals surface area (Å²) >= 11 is 0. The van der Waals surface area contributed by atoms with Crippen LogP contribution in [-0.2, 0) is 39.1 Å². The molecular weight excluding hydrogens is 506 g/mol. The molecule has 0 radical (unpaired) electrons. The number of carbonyl (C=O) groups excluding carboxylic acids is 3. The number of para-hydroxylation sites is 2. The minimum absolute atomic E-state index is 0.220. The van der Waals surface area contributed by atoms with E-state index in [2.05, 4.69) is 10.6 Å². The number of carbonyl (C=O) groups is 3. The van der Waals surface area contributed by atoms with E-state index in [9.17, 15) is 14.4 Å². The third-order valence-electron chi connectivity index (χ3n) is 8.44. The van der Waals surface area contributed by atoms with Crippen LogP contribution in [0.15, 0.2) is 54.7 Å². The molecule has 8 nitrogen and oxygen atoms in total. The van der Waals surface area contributed by atoms with E-state index < -0.39 is 17.5 Å². The minimum Gasteiger partial charge on any atom is -0.444 e. The number of rotatable bonds is 2. The van der Waals surface area contributed by atoms with Crippen molar-refractivity contribution >= 4 is 51.0 Å². The highest BCUT2D eigenvalue weighted by molar-refractivity contribution is 6.47. The first kappa shape index (κ1) is 24.7. The summed E-state index contributed by atoms with van der Waals surface area (Å²) in [5.74, 6) is -0.743. The standard InChI is InChI=1S/C32H31N3O5/c1-32(2,3)40-31(38)34-14-18-13-25-26(21-10-6-8-12-24(21)35(25)16-19(18)15-34)28-27(29(36)39-30(28)37)22-17-33(4)23-11-7-5-9-20(22)23/h5-12,17-19H,13-16H2,1-4H3/t18-,19+/m0/s1. The van der Waals surface area contributed by atoms with Crippen molar-refractivity contribution in [1.82, 2.24) is 14.0 Å². The fourth-order valence-corrected chi connectivity index (χ4v) is 6.79. The molecule has 0 N–H and O–H groups in total. The van der Waals surface area contributed by atoms with Gasteiger partial charge < -0.3 is 23.5 Å². The van der Waals surface area contributed by atoms with Gasteiger partial charge in [0.05, 0.1) is 11.1 Å². The van der Waals surface area contributed by atoms with Gasteiger partial charge in [0, 0.05) is 71.5 Å². The van der Waals surface area contributed by atoms with E-state index in [0.717, 1.165) is 39.6 Å². The molecule has 4 aromatic rings. The first-order valence-electron chi connectivity index (χ1n) is 13.7. The lowest BCUT2D eigenvalue weighted by atomic mass is 9.85. The largest absolute Gasteiger partial charge is 0.444 e. The van der Waals surface area contributed by atoms with Crippen molar-refractivity contribution in [2.75, 3.05) is 13.1 Å². The smallest absolute Gasteiger partial charge is 0.410 e. The van der Waals surface area contributed by atoms with Crippen LogP contribution in [0.25, 0.3) is 33.0 Å². The molecule has 0 bridgehead atoms. The molecule has 2 aromatic heterocycles. The number of cyclic esters (lactones) is 2. The van der Waals surface area contributed by atoms with Crippen molar-refractivity contribution in [3.05, 3.63) is 71.5 Å². The Kier molecular flexibility index (Phi) is 5.30. The predicted octanol–water partition coefficient (Wildman–Crippen LogP) is 5.17. The molecule has 5 heterocycles. The quantitative estimate of drug-likeness (QED) is 0.260. The number of amides is 1. The molecule has 204 valence electrons. The monoisotopic (exact) mass is 537 g/mol. The van der Waals surface area contributed by atoms with Gasteiger partial charge in [-0.1, -0.05) is 36.4 Å². The molecule has 0 spiro atoms. The third kappa shape index (κ3) is 3.69. The number of nitrogens with zero attached hydrogens (tertiary/aromatic N) is 3. The van der Waals surface area contributed by atoms with Gasteiger partial charge in [-0.25, -0.2) is 14.4 Å². The van der Waals surface area contributed by atoms with E-state index in [1.165, 1.54) is 0 Å². The summed E-state index contributed by atoms with van der Waals surface area (Å²) in [5.41, 5.74) is 4.53. The SMILES string of the molecule is Cn1cc(C2=C(c3c4n(c5ccccc35)C[C@H]3CN(C(=O)OC(C)(C)C)C[C@@H]3C4)C(=O)OC2=O)c2ccccc21. The Bertz CT molecular complexity index is 1780.